The molecule has 1 N–H and O–H groups in total. The Kier molecular flexibility index (Phi) is 3.91. The van der Waals surface area contributed by atoms with Crippen molar-refractivity contribution in [3.8, 4) is 0 Å². The smallest absolute Gasteiger partial charge is 0.0704 e. The van der Waals surface area contributed by atoms with Gasteiger partial charge in [-0.2, -0.15) is 0 Å². The maximum absolute atomic E-state index is 5.75. The molecular formula is C13H20N2O. The third-order valence-electron chi connectivity index (χ3n) is 3.10. The molecule has 2 unspecified atom stereocenters. The fourth-order valence-electron chi connectivity index (χ4n) is 2.09. The van der Waals surface area contributed by atoms with Gasteiger partial charge in [0, 0.05) is 19.3 Å². The minimum absolute atomic E-state index is 0.388. The number of nitrogens with zero attached hydrogens (tertiary/aromatic N) is 1. The summed E-state index contributed by atoms with van der Waals surface area (Å²) in [4.78, 5) is 4.35. The molecule has 0 saturated carbocycles. The second-order valence-electron chi connectivity index (χ2n) is 4.54. The zero-order chi connectivity index (χ0) is 11.4. The van der Waals surface area contributed by atoms with Crippen LogP contribution in [0.15, 0.2) is 18.3 Å². The van der Waals surface area contributed by atoms with Crippen LogP contribution in [0.25, 0.3) is 0 Å². The Morgan fingerprint density at radius 3 is 3.06 bits per heavy atom. The van der Waals surface area contributed by atoms with Crippen LogP contribution in [0.1, 0.15) is 31.0 Å². The van der Waals surface area contributed by atoms with Crippen molar-refractivity contribution >= 4 is 0 Å². The van der Waals surface area contributed by atoms with Gasteiger partial charge in [-0.05, 0) is 38.3 Å². The van der Waals surface area contributed by atoms with Crippen LogP contribution in [0, 0.1) is 6.92 Å². The molecule has 1 fully saturated rings. The van der Waals surface area contributed by atoms with Gasteiger partial charge < -0.3 is 10.1 Å². The van der Waals surface area contributed by atoms with Crippen LogP contribution in [0.2, 0.25) is 0 Å². The molecule has 0 aromatic carbocycles. The molecule has 1 aliphatic heterocycles. The normalized spacial score (nSPS) is 24.9. The highest BCUT2D eigenvalue weighted by Gasteiger charge is 2.20. The molecule has 0 radical (unpaired) electrons. The molecule has 1 aromatic heterocycles. The summed E-state index contributed by atoms with van der Waals surface area (Å²) >= 11 is 0. The van der Waals surface area contributed by atoms with Crippen LogP contribution < -0.4 is 5.32 Å². The van der Waals surface area contributed by atoms with Gasteiger partial charge >= 0.3 is 0 Å². The number of hydrogen-bond acceptors (Lipinski definition) is 3. The van der Waals surface area contributed by atoms with Gasteiger partial charge in [0.1, 0.15) is 0 Å². The van der Waals surface area contributed by atoms with Crippen LogP contribution in [0.4, 0.5) is 0 Å². The van der Waals surface area contributed by atoms with Gasteiger partial charge in [0.05, 0.1) is 17.9 Å². The molecule has 3 nitrogen and oxygen atoms in total. The predicted molar refractivity (Wildman–Crippen MR) is 64.2 cm³/mol. The van der Waals surface area contributed by atoms with E-state index in [1.807, 2.05) is 12.3 Å². The summed E-state index contributed by atoms with van der Waals surface area (Å²) in [5.41, 5.74) is 2.38. The van der Waals surface area contributed by atoms with Crippen molar-refractivity contribution in [2.45, 2.75) is 45.4 Å². The van der Waals surface area contributed by atoms with Crippen molar-refractivity contribution in [1.29, 1.82) is 0 Å². The molecule has 1 saturated heterocycles. The first kappa shape index (κ1) is 11.6. The summed E-state index contributed by atoms with van der Waals surface area (Å²) in [6, 6.07) is 4.07. The summed E-state index contributed by atoms with van der Waals surface area (Å²) in [6.45, 7) is 6.00. The van der Waals surface area contributed by atoms with Gasteiger partial charge in [-0.3, -0.25) is 4.98 Å². The monoisotopic (exact) mass is 220 g/mol. The quantitative estimate of drug-likeness (QED) is 0.843. The Hall–Kier alpha value is -0.930. The first-order valence-electron chi connectivity index (χ1n) is 6.02. The lowest BCUT2D eigenvalue weighted by molar-refractivity contribution is 0.0558. The topological polar surface area (TPSA) is 34.2 Å². The molecule has 1 aromatic rings. The Labute approximate surface area is 97.2 Å². The number of aromatic nitrogens is 1. The Balaban J connectivity index is 1.74. The lowest BCUT2D eigenvalue weighted by Gasteiger charge is -2.12. The lowest BCUT2D eigenvalue weighted by Crippen LogP contribution is -2.27. The predicted octanol–water partition coefficient (Wildman–Crippen LogP) is 2.05. The van der Waals surface area contributed by atoms with E-state index in [0.29, 0.717) is 12.2 Å². The zero-order valence-electron chi connectivity index (χ0n) is 10.1. The number of pyridine rings is 1. The molecule has 2 rings (SSSR count). The van der Waals surface area contributed by atoms with Crippen molar-refractivity contribution in [2.75, 3.05) is 6.54 Å². The highest BCUT2D eigenvalue weighted by molar-refractivity contribution is 5.17. The van der Waals surface area contributed by atoms with Gasteiger partial charge in [0.2, 0.25) is 0 Å². The summed E-state index contributed by atoms with van der Waals surface area (Å²) in [6.07, 6.45) is 5.03. The van der Waals surface area contributed by atoms with Crippen molar-refractivity contribution < 1.29 is 4.74 Å². The van der Waals surface area contributed by atoms with E-state index in [-0.39, 0.29) is 0 Å². The van der Waals surface area contributed by atoms with E-state index in [4.69, 9.17) is 4.74 Å². The largest absolute Gasteiger partial charge is 0.374 e. The van der Waals surface area contributed by atoms with Crippen molar-refractivity contribution in [3.63, 3.8) is 0 Å². The highest BCUT2D eigenvalue weighted by atomic mass is 16.5. The van der Waals surface area contributed by atoms with Crippen LogP contribution in [-0.4, -0.2) is 23.7 Å². The van der Waals surface area contributed by atoms with E-state index in [1.165, 1.54) is 18.4 Å². The average Bonchev–Trinajstić information content (AvgIpc) is 2.67. The Bertz CT molecular complexity index is 340. The van der Waals surface area contributed by atoms with E-state index in [2.05, 4.69) is 30.2 Å². The molecule has 0 spiro atoms. The molecule has 2 atom stereocenters. The van der Waals surface area contributed by atoms with E-state index >= 15 is 0 Å². The van der Waals surface area contributed by atoms with Gasteiger partial charge in [-0.15, -0.1) is 0 Å². The fraction of sp³-hybridized carbons (Fsp3) is 0.615. The van der Waals surface area contributed by atoms with E-state index < -0.39 is 0 Å². The van der Waals surface area contributed by atoms with Crippen LogP contribution >= 0.6 is 0 Å². The second-order valence-corrected chi connectivity index (χ2v) is 4.54. The zero-order valence-corrected chi connectivity index (χ0v) is 10.1. The van der Waals surface area contributed by atoms with E-state index in [9.17, 15) is 0 Å². The highest BCUT2D eigenvalue weighted by Crippen LogP contribution is 2.18. The molecular weight excluding hydrogens is 200 g/mol. The number of aryl methyl sites for hydroxylation is 1. The summed E-state index contributed by atoms with van der Waals surface area (Å²) in [7, 11) is 0. The minimum atomic E-state index is 0.388. The second kappa shape index (κ2) is 5.41. The molecule has 0 bridgehead atoms. The molecule has 3 heteroatoms. The minimum Gasteiger partial charge on any atom is -0.374 e. The Morgan fingerprint density at radius 1 is 1.50 bits per heavy atom. The summed E-state index contributed by atoms with van der Waals surface area (Å²) < 4.78 is 5.75. The molecule has 1 aliphatic rings. The summed E-state index contributed by atoms with van der Waals surface area (Å²) in [5, 5.41) is 3.42. The van der Waals surface area contributed by atoms with Crippen LogP contribution in [-0.2, 0) is 11.3 Å². The third kappa shape index (κ3) is 3.03. The first-order chi connectivity index (χ1) is 7.75. The molecule has 2 heterocycles. The number of rotatable bonds is 4. The number of nitrogens with one attached hydrogen (secondary N) is 1. The van der Waals surface area contributed by atoms with Gasteiger partial charge in [0.25, 0.3) is 0 Å². The molecule has 0 aliphatic carbocycles. The molecule has 16 heavy (non-hydrogen) atoms. The first-order valence-corrected chi connectivity index (χ1v) is 6.02. The fourth-order valence-corrected chi connectivity index (χ4v) is 2.09. The Morgan fingerprint density at radius 2 is 2.38 bits per heavy atom. The van der Waals surface area contributed by atoms with Crippen LogP contribution in [0.3, 0.4) is 0 Å². The van der Waals surface area contributed by atoms with Gasteiger partial charge in [-0.25, -0.2) is 0 Å². The SMILES string of the molecule is Cc1cccnc1CNCC1CCC(C)O1. The molecule has 88 valence electrons. The maximum Gasteiger partial charge on any atom is 0.0704 e. The average molecular weight is 220 g/mol. The van der Waals surface area contributed by atoms with Crippen LogP contribution in [0.5, 0.6) is 0 Å². The van der Waals surface area contributed by atoms with Gasteiger partial charge in [0.15, 0.2) is 0 Å². The van der Waals surface area contributed by atoms with Crippen molar-refractivity contribution in [1.82, 2.24) is 10.3 Å². The third-order valence-corrected chi connectivity index (χ3v) is 3.10. The van der Waals surface area contributed by atoms with E-state index in [1.54, 1.807) is 0 Å². The number of ether oxygens (including phenoxy) is 1. The van der Waals surface area contributed by atoms with E-state index in [0.717, 1.165) is 18.8 Å². The van der Waals surface area contributed by atoms with Gasteiger partial charge in [-0.1, -0.05) is 6.07 Å². The van der Waals surface area contributed by atoms with Crippen molar-refractivity contribution in [3.05, 3.63) is 29.6 Å². The standard InChI is InChI=1S/C13H20N2O/c1-10-4-3-7-15-13(10)9-14-8-12-6-5-11(2)16-12/h3-4,7,11-12,14H,5-6,8-9H2,1-2H3. The van der Waals surface area contributed by atoms with Crippen molar-refractivity contribution in [2.24, 2.45) is 0 Å². The lowest BCUT2D eigenvalue weighted by atomic mass is 10.2. The molecule has 0 amide bonds. The number of hydrogen-bond donors (Lipinski definition) is 1. The maximum atomic E-state index is 5.75. The summed E-state index contributed by atoms with van der Waals surface area (Å²) in [5.74, 6) is 0.